The number of carbonyl (C=O) groups excluding carboxylic acids is 1. The molecule has 2 rings (SSSR count). The number of hydrogen-bond acceptors (Lipinski definition) is 2. The van der Waals surface area contributed by atoms with Gasteiger partial charge in [0.2, 0.25) is 0 Å². The number of nitrogens with zero attached hydrogens (tertiary/aromatic N) is 2. The Morgan fingerprint density at radius 1 is 1.22 bits per heavy atom. The summed E-state index contributed by atoms with van der Waals surface area (Å²) in [6.45, 7) is 0.536. The second-order valence-corrected chi connectivity index (χ2v) is 4.97. The molecule has 0 radical (unpaired) electrons. The summed E-state index contributed by atoms with van der Waals surface area (Å²) in [6, 6.07) is 3.03. The highest BCUT2D eigenvalue weighted by atomic mass is 35.5. The molecule has 0 bridgehead atoms. The van der Waals surface area contributed by atoms with Gasteiger partial charge in [0.15, 0.2) is 5.78 Å². The second-order valence-electron chi connectivity index (χ2n) is 3.72. The molecule has 0 spiro atoms. The second kappa shape index (κ2) is 5.74. The third-order valence-corrected chi connectivity index (χ3v) is 3.26. The molecular weight excluding hydrogens is 295 g/mol. The lowest BCUT2D eigenvalue weighted by Gasteiger charge is -2.07. The molecule has 0 aliphatic carbocycles. The van der Waals surface area contributed by atoms with Crippen molar-refractivity contribution in [1.29, 1.82) is 0 Å². The SMILES string of the molecule is O=C(CCn1ccnc1)c1c(Cl)cc(Cl)cc1Cl. The van der Waals surface area contributed by atoms with Gasteiger partial charge in [0, 0.05) is 30.4 Å². The number of aromatic nitrogens is 2. The summed E-state index contributed by atoms with van der Waals surface area (Å²) in [5.41, 5.74) is 0.322. The Bertz CT molecular complexity index is 544. The molecular formula is C12H9Cl3N2O. The molecule has 1 aromatic heterocycles. The molecule has 0 atom stereocenters. The molecule has 18 heavy (non-hydrogen) atoms. The molecule has 0 N–H and O–H groups in total. The van der Waals surface area contributed by atoms with Gasteiger partial charge in [0.25, 0.3) is 0 Å². The van der Waals surface area contributed by atoms with E-state index >= 15 is 0 Å². The van der Waals surface area contributed by atoms with Crippen molar-refractivity contribution >= 4 is 40.6 Å². The van der Waals surface area contributed by atoms with Crippen molar-refractivity contribution < 1.29 is 4.79 Å². The third-order valence-electron chi connectivity index (χ3n) is 2.44. The van der Waals surface area contributed by atoms with Gasteiger partial charge in [0.05, 0.1) is 21.9 Å². The Morgan fingerprint density at radius 2 is 1.89 bits per heavy atom. The molecule has 0 aliphatic rings. The lowest BCUT2D eigenvalue weighted by molar-refractivity contribution is 0.0977. The van der Waals surface area contributed by atoms with Crippen LogP contribution < -0.4 is 0 Å². The van der Waals surface area contributed by atoms with Crippen molar-refractivity contribution in [2.45, 2.75) is 13.0 Å². The predicted octanol–water partition coefficient (Wildman–Crippen LogP) is 4.12. The summed E-state index contributed by atoms with van der Waals surface area (Å²) in [7, 11) is 0. The van der Waals surface area contributed by atoms with Gasteiger partial charge in [-0.25, -0.2) is 4.98 Å². The highest BCUT2D eigenvalue weighted by molar-refractivity contribution is 6.42. The summed E-state index contributed by atoms with van der Waals surface area (Å²) >= 11 is 17.8. The van der Waals surface area contributed by atoms with E-state index in [2.05, 4.69) is 4.98 Å². The number of Topliss-reactive ketones (excluding diaryl/α,β-unsaturated/α-hetero) is 1. The molecule has 0 unspecified atom stereocenters. The number of ketones is 1. The zero-order valence-corrected chi connectivity index (χ0v) is 11.5. The van der Waals surface area contributed by atoms with E-state index < -0.39 is 0 Å². The average molecular weight is 304 g/mol. The topological polar surface area (TPSA) is 34.9 Å². The van der Waals surface area contributed by atoms with Gasteiger partial charge in [-0.15, -0.1) is 0 Å². The maximum absolute atomic E-state index is 12.0. The first-order chi connectivity index (χ1) is 8.58. The fraction of sp³-hybridized carbons (Fsp3) is 0.167. The smallest absolute Gasteiger partial charge is 0.167 e. The van der Waals surface area contributed by atoms with Crippen LogP contribution in [0.25, 0.3) is 0 Å². The predicted molar refractivity (Wildman–Crippen MR) is 72.6 cm³/mol. The molecule has 2 aromatic rings. The first-order valence-corrected chi connectivity index (χ1v) is 6.35. The monoisotopic (exact) mass is 302 g/mol. The molecule has 6 heteroatoms. The van der Waals surface area contributed by atoms with E-state index in [9.17, 15) is 4.79 Å². The van der Waals surface area contributed by atoms with E-state index in [1.165, 1.54) is 12.1 Å². The van der Waals surface area contributed by atoms with E-state index in [0.29, 0.717) is 23.6 Å². The number of benzene rings is 1. The van der Waals surface area contributed by atoms with Crippen LogP contribution in [0.3, 0.4) is 0 Å². The van der Waals surface area contributed by atoms with E-state index in [1.807, 2.05) is 4.57 Å². The van der Waals surface area contributed by atoms with Gasteiger partial charge in [-0.3, -0.25) is 4.79 Å². The van der Waals surface area contributed by atoms with Crippen LogP contribution in [0, 0.1) is 0 Å². The van der Waals surface area contributed by atoms with Crippen LogP contribution >= 0.6 is 34.8 Å². The van der Waals surface area contributed by atoms with E-state index in [0.717, 1.165) is 0 Å². The first kappa shape index (κ1) is 13.4. The number of carbonyl (C=O) groups is 1. The van der Waals surface area contributed by atoms with Crippen molar-refractivity contribution in [3.63, 3.8) is 0 Å². The molecule has 3 nitrogen and oxygen atoms in total. The fourth-order valence-electron chi connectivity index (χ4n) is 1.58. The minimum atomic E-state index is -0.115. The molecule has 0 saturated heterocycles. The number of imidazole rings is 1. The minimum Gasteiger partial charge on any atom is -0.337 e. The van der Waals surface area contributed by atoms with Crippen molar-refractivity contribution in [1.82, 2.24) is 9.55 Å². The van der Waals surface area contributed by atoms with E-state index in [4.69, 9.17) is 34.8 Å². The van der Waals surface area contributed by atoms with Gasteiger partial charge >= 0.3 is 0 Å². The summed E-state index contributed by atoms with van der Waals surface area (Å²) in [4.78, 5) is 15.9. The van der Waals surface area contributed by atoms with Gasteiger partial charge in [-0.05, 0) is 12.1 Å². The van der Waals surface area contributed by atoms with Crippen LogP contribution in [0.1, 0.15) is 16.8 Å². The van der Waals surface area contributed by atoms with Gasteiger partial charge < -0.3 is 4.57 Å². The molecule has 0 saturated carbocycles. The van der Waals surface area contributed by atoms with Crippen molar-refractivity contribution in [2.24, 2.45) is 0 Å². The number of aryl methyl sites for hydroxylation is 1. The number of halogens is 3. The first-order valence-electron chi connectivity index (χ1n) is 5.21. The Morgan fingerprint density at radius 3 is 2.44 bits per heavy atom. The van der Waals surface area contributed by atoms with Crippen molar-refractivity contribution in [3.05, 3.63) is 51.5 Å². The Hall–Kier alpha value is -1.03. The molecule has 0 amide bonds. The van der Waals surface area contributed by atoms with Crippen molar-refractivity contribution in [2.75, 3.05) is 0 Å². The maximum Gasteiger partial charge on any atom is 0.167 e. The van der Waals surface area contributed by atoms with E-state index in [-0.39, 0.29) is 15.8 Å². The standard InChI is InChI=1S/C12H9Cl3N2O/c13-8-5-9(14)12(10(15)6-8)11(18)1-3-17-4-2-16-7-17/h2,4-7H,1,3H2. The summed E-state index contributed by atoms with van der Waals surface area (Å²) in [5.74, 6) is -0.115. The molecule has 0 aliphatic heterocycles. The molecule has 94 valence electrons. The summed E-state index contributed by atoms with van der Waals surface area (Å²) in [5, 5.41) is 0.974. The molecule has 0 fully saturated rings. The molecule has 1 heterocycles. The van der Waals surface area contributed by atoms with Gasteiger partial charge in [0.1, 0.15) is 0 Å². The van der Waals surface area contributed by atoms with Gasteiger partial charge in [-0.1, -0.05) is 34.8 Å². The Labute approximate surface area is 119 Å². The Kier molecular flexibility index (Phi) is 4.27. The zero-order chi connectivity index (χ0) is 13.1. The quantitative estimate of drug-likeness (QED) is 0.796. The van der Waals surface area contributed by atoms with Crippen molar-refractivity contribution in [3.8, 4) is 0 Å². The van der Waals surface area contributed by atoms with Crippen LogP contribution in [-0.4, -0.2) is 15.3 Å². The highest BCUT2D eigenvalue weighted by Gasteiger charge is 2.15. The third kappa shape index (κ3) is 3.05. The number of rotatable bonds is 4. The summed E-state index contributed by atoms with van der Waals surface area (Å²) in [6.07, 6.45) is 5.40. The van der Waals surface area contributed by atoms with Crippen LogP contribution in [-0.2, 0) is 6.54 Å². The molecule has 1 aromatic carbocycles. The number of hydrogen-bond donors (Lipinski definition) is 0. The zero-order valence-electron chi connectivity index (χ0n) is 9.24. The maximum atomic E-state index is 12.0. The average Bonchev–Trinajstić information content (AvgIpc) is 2.77. The van der Waals surface area contributed by atoms with E-state index in [1.54, 1.807) is 18.7 Å². The lowest BCUT2D eigenvalue weighted by atomic mass is 10.1. The largest absolute Gasteiger partial charge is 0.337 e. The Balaban J connectivity index is 2.14. The van der Waals surface area contributed by atoms with Crippen LogP contribution in [0.2, 0.25) is 15.1 Å². The summed E-state index contributed by atoms with van der Waals surface area (Å²) < 4.78 is 1.82. The highest BCUT2D eigenvalue weighted by Crippen LogP contribution is 2.30. The van der Waals surface area contributed by atoms with Gasteiger partial charge in [-0.2, -0.15) is 0 Å². The van der Waals surface area contributed by atoms with Crippen LogP contribution in [0.4, 0.5) is 0 Å². The lowest BCUT2D eigenvalue weighted by Crippen LogP contribution is -2.06. The van der Waals surface area contributed by atoms with Crippen LogP contribution in [0.5, 0.6) is 0 Å². The fourth-order valence-corrected chi connectivity index (χ4v) is 2.61. The normalized spacial score (nSPS) is 10.6. The minimum absolute atomic E-state index is 0.115. The van der Waals surface area contributed by atoms with Crippen LogP contribution in [0.15, 0.2) is 30.9 Å².